The summed E-state index contributed by atoms with van der Waals surface area (Å²) in [4.78, 5) is 29.8. The smallest absolute Gasteiger partial charge is 0.273 e. The van der Waals surface area contributed by atoms with Gasteiger partial charge in [0.05, 0.1) is 35.4 Å². The summed E-state index contributed by atoms with van der Waals surface area (Å²) in [6.45, 7) is -0.125. The number of benzene rings is 3. The maximum absolute atomic E-state index is 12.5. The molecule has 0 unspecified atom stereocenters. The molecule has 0 saturated carbocycles. The first-order chi connectivity index (χ1) is 21.9. The van der Waals surface area contributed by atoms with Crippen molar-refractivity contribution in [3.05, 3.63) is 131 Å². The molecule has 1 saturated heterocycles. The van der Waals surface area contributed by atoms with Crippen LogP contribution in [0.2, 0.25) is 0 Å². The number of ether oxygens (including phenoxy) is 2. The number of anilines is 2. The van der Waals surface area contributed by atoms with Gasteiger partial charge in [-0.2, -0.15) is 0 Å². The second kappa shape index (κ2) is 12.9. The zero-order valence-electron chi connectivity index (χ0n) is 24.0. The molecule has 2 N–H and O–H groups in total. The number of nitro benzene ring substituents is 1. The highest BCUT2D eigenvalue weighted by molar-refractivity contribution is 7.80. The molecular formula is C33H27N5O6S. The zero-order valence-corrected chi connectivity index (χ0v) is 24.8. The van der Waals surface area contributed by atoms with E-state index in [0.29, 0.717) is 39.4 Å². The lowest BCUT2D eigenvalue weighted by Gasteiger charge is -2.26. The van der Waals surface area contributed by atoms with Crippen LogP contribution in [0.15, 0.2) is 114 Å². The molecule has 0 radical (unpaired) electrons. The molecule has 2 aromatic heterocycles. The van der Waals surface area contributed by atoms with Gasteiger partial charge in [-0.25, -0.2) is 0 Å². The molecule has 3 aromatic carbocycles. The molecule has 1 amide bonds. The number of rotatable bonds is 10. The number of nitro groups is 1. The SMILES string of the molecule is COc1cc([N+](=O)[O-])ccc1-c1ccc([C@H]2[C@H](c3ccccn3)NC(=S)N2c2ccc(NC(=O)COc3ccccc3)cc2)o1. The number of nitrogens with zero attached hydrogens (tertiary/aromatic N) is 3. The van der Waals surface area contributed by atoms with Crippen LogP contribution >= 0.6 is 12.2 Å². The minimum atomic E-state index is -0.477. The van der Waals surface area contributed by atoms with Crippen molar-refractivity contribution in [2.45, 2.75) is 12.1 Å². The molecule has 1 fully saturated rings. The van der Waals surface area contributed by atoms with E-state index in [9.17, 15) is 14.9 Å². The lowest BCUT2D eigenvalue weighted by molar-refractivity contribution is -0.384. The van der Waals surface area contributed by atoms with Crippen LogP contribution in [-0.2, 0) is 4.79 Å². The predicted molar refractivity (Wildman–Crippen MR) is 172 cm³/mol. The molecule has 1 aliphatic heterocycles. The van der Waals surface area contributed by atoms with Crippen LogP contribution in [0.25, 0.3) is 11.3 Å². The monoisotopic (exact) mass is 621 g/mol. The number of hydrogen-bond donors (Lipinski definition) is 2. The number of aromatic nitrogens is 1. The topological polar surface area (TPSA) is 132 Å². The summed E-state index contributed by atoms with van der Waals surface area (Å²) in [5, 5.41) is 18.0. The number of pyridine rings is 1. The van der Waals surface area contributed by atoms with E-state index in [1.165, 1.54) is 19.2 Å². The van der Waals surface area contributed by atoms with Crippen LogP contribution in [-0.4, -0.2) is 34.6 Å². The molecular weight excluding hydrogens is 594 g/mol. The van der Waals surface area contributed by atoms with Crippen LogP contribution in [0.5, 0.6) is 11.5 Å². The fourth-order valence-electron chi connectivity index (χ4n) is 5.14. The van der Waals surface area contributed by atoms with Crippen LogP contribution in [0.3, 0.4) is 0 Å². The van der Waals surface area contributed by atoms with Crippen LogP contribution in [0.4, 0.5) is 17.1 Å². The van der Waals surface area contributed by atoms with E-state index in [0.717, 1.165) is 11.4 Å². The molecule has 226 valence electrons. The third-order valence-electron chi connectivity index (χ3n) is 7.22. The minimum absolute atomic E-state index is 0.0857. The summed E-state index contributed by atoms with van der Waals surface area (Å²) in [5.41, 5.74) is 2.61. The van der Waals surface area contributed by atoms with Crippen molar-refractivity contribution in [3.8, 4) is 22.8 Å². The summed E-state index contributed by atoms with van der Waals surface area (Å²) in [6.07, 6.45) is 1.72. The quantitative estimate of drug-likeness (QED) is 0.102. The maximum atomic E-state index is 12.5. The number of furan rings is 1. The first-order valence-electron chi connectivity index (χ1n) is 13.9. The number of methoxy groups -OCH3 is 1. The van der Waals surface area contributed by atoms with E-state index in [1.54, 1.807) is 42.6 Å². The Labute approximate surface area is 263 Å². The second-order valence-corrected chi connectivity index (χ2v) is 10.4. The molecule has 5 aromatic rings. The number of carbonyl (C=O) groups excluding carboxylic acids is 1. The highest BCUT2D eigenvalue weighted by atomic mass is 32.1. The highest BCUT2D eigenvalue weighted by Crippen LogP contribution is 2.44. The Morgan fingerprint density at radius 2 is 1.82 bits per heavy atom. The lowest BCUT2D eigenvalue weighted by atomic mass is 10.0. The van der Waals surface area contributed by atoms with Crippen molar-refractivity contribution in [2.75, 3.05) is 23.9 Å². The summed E-state index contributed by atoms with van der Waals surface area (Å²) in [5.74, 6) is 1.70. The van der Waals surface area contributed by atoms with E-state index in [-0.39, 0.29) is 24.2 Å². The Morgan fingerprint density at radius 1 is 1.04 bits per heavy atom. The first-order valence-corrected chi connectivity index (χ1v) is 14.3. The van der Waals surface area contributed by atoms with Crippen molar-refractivity contribution in [1.82, 2.24) is 10.3 Å². The Kier molecular flexibility index (Phi) is 8.38. The van der Waals surface area contributed by atoms with Gasteiger partial charge in [0.1, 0.15) is 29.1 Å². The first kappa shape index (κ1) is 29.3. The maximum Gasteiger partial charge on any atom is 0.273 e. The van der Waals surface area contributed by atoms with Crippen molar-refractivity contribution < 1.29 is 23.6 Å². The number of thiocarbonyl (C=S) groups is 1. The van der Waals surface area contributed by atoms with E-state index in [1.807, 2.05) is 59.5 Å². The number of hydrogen-bond acceptors (Lipinski definition) is 8. The summed E-state index contributed by atoms with van der Waals surface area (Å²) >= 11 is 5.81. The van der Waals surface area contributed by atoms with Gasteiger partial charge in [0.2, 0.25) is 0 Å². The second-order valence-electron chi connectivity index (χ2n) is 10.0. The fraction of sp³-hybridized carbons (Fsp3) is 0.121. The highest BCUT2D eigenvalue weighted by Gasteiger charge is 2.42. The van der Waals surface area contributed by atoms with Gasteiger partial charge in [0, 0.05) is 23.6 Å². The minimum Gasteiger partial charge on any atom is -0.496 e. The van der Waals surface area contributed by atoms with E-state index in [2.05, 4.69) is 15.6 Å². The Morgan fingerprint density at radius 3 is 2.53 bits per heavy atom. The molecule has 0 aliphatic carbocycles. The van der Waals surface area contributed by atoms with Gasteiger partial charge in [-0.05, 0) is 78.9 Å². The zero-order chi connectivity index (χ0) is 31.3. The molecule has 6 rings (SSSR count). The van der Waals surface area contributed by atoms with Gasteiger partial charge in [0.15, 0.2) is 11.7 Å². The standard InChI is InChI=1S/C33H27N5O6S/c1-42-29-19-23(38(40)41)14-15-25(29)27-16-17-28(44-27)32-31(26-9-5-6-18-34-26)36-33(45)37(32)22-12-10-21(11-13-22)35-30(39)20-43-24-7-3-2-4-8-24/h2-19,31-32H,20H2,1H3,(H,35,39)(H,36,45)/t31-,32-/m0/s1. The van der Waals surface area contributed by atoms with Crippen molar-refractivity contribution >= 4 is 40.3 Å². The summed E-state index contributed by atoms with van der Waals surface area (Å²) in [7, 11) is 1.45. The van der Waals surface area contributed by atoms with Crippen LogP contribution in [0, 0.1) is 10.1 Å². The van der Waals surface area contributed by atoms with Gasteiger partial charge in [-0.1, -0.05) is 24.3 Å². The third kappa shape index (κ3) is 6.31. The van der Waals surface area contributed by atoms with Crippen molar-refractivity contribution in [2.24, 2.45) is 0 Å². The van der Waals surface area contributed by atoms with Crippen molar-refractivity contribution in [3.63, 3.8) is 0 Å². The number of carbonyl (C=O) groups is 1. The van der Waals surface area contributed by atoms with E-state index < -0.39 is 11.0 Å². The molecule has 11 nitrogen and oxygen atoms in total. The van der Waals surface area contributed by atoms with E-state index >= 15 is 0 Å². The molecule has 12 heteroatoms. The lowest BCUT2D eigenvalue weighted by Crippen LogP contribution is -2.29. The largest absolute Gasteiger partial charge is 0.496 e. The molecule has 1 aliphatic rings. The summed E-state index contributed by atoms with van der Waals surface area (Å²) in [6, 6.07) is 29.3. The van der Waals surface area contributed by atoms with Gasteiger partial charge < -0.3 is 29.4 Å². The van der Waals surface area contributed by atoms with Crippen LogP contribution in [0.1, 0.15) is 23.5 Å². The third-order valence-corrected chi connectivity index (χ3v) is 7.53. The van der Waals surface area contributed by atoms with Gasteiger partial charge >= 0.3 is 0 Å². The summed E-state index contributed by atoms with van der Waals surface area (Å²) < 4.78 is 17.4. The molecule has 2 atom stereocenters. The van der Waals surface area contributed by atoms with Crippen molar-refractivity contribution in [1.29, 1.82) is 0 Å². The Balaban J connectivity index is 1.27. The predicted octanol–water partition coefficient (Wildman–Crippen LogP) is 6.45. The van der Waals surface area contributed by atoms with Gasteiger partial charge in [0.25, 0.3) is 11.6 Å². The van der Waals surface area contributed by atoms with Gasteiger partial charge in [-0.15, -0.1) is 0 Å². The number of non-ortho nitro benzene ring substituents is 1. The number of para-hydroxylation sites is 1. The van der Waals surface area contributed by atoms with E-state index in [4.69, 9.17) is 26.1 Å². The fourth-order valence-corrected chi connectivity index (χ4v) is 5.49. The molecule has 0 spiro atoms. The molecule has 0 bridgehead atoms. The number of nitrogens with one attached hydrogen (secondary N) is 2. The normalized spacial score (nSPS) is 15.8. The average molecular weight is 622 g/mol. The average Bonchev–Trinajstić information content (AvgIpc) is 3.69. The molecule has 45 heavy (non-hydrogen) atoms. The Hall–Kier alpha value is -5.75. The van der Waals surface area contributed by atoms with Gasteiger partial charge in [-0.3, -0.25) is 19.9 Å². The molecule has 3 heterocycles. The number of amides is 1. The van der Waals surface area contributed by atoms with Crippen LogP contribution < -0.4 is 25.0 Å². The Bertz CT molecular complexity index is 1830.